The fourth-order valence-electron chi connectivity index (χ4n) is 0. The van der Waals surface area contributed by atoms with Gasteiger partial charge in [0.15, 0.2) is 0 Å². The Morgan fingerprint density at radius 1 is 1.00 bits per heavy atom. The van der Waals surface area contributed by atoms with Gasteiger partial charge in [-0.2, -0.15) is 0 Å². The number of hydrogen-bond acceptors (Lipinski definition) is 4. The molecule has 0 aliphatic rings. The van der Waals surface area contributed by atoms with Gasteiger partial charge in [0.1, 0.15) is 0 Å². The average molecular weight is 225 g/mol. The molecule has 0 bridgehead atoms. The Bertz CT molecular complexity index is 78.6. The van der Waals surface area contributed by atoms with Crippen LogP contribution in [0.3, 0.4) is 0 Å². The van der Waals surface area contributed by atoms with E-state index in [9.17, 15) is 0 Å². The zero-order valence-corrected chi connectivity index (χ0v) is 8.02. The van der Waals surface area contributed by atoms with Crippen LogP contribution in [0.25, 0.3) is 0 Å². The molecule has 52 valence electrons. The minimum atomic E-state index is -0.750. The summed E-state index contributed by atoms with van der Waals surface area (Å²) in [6.07, 6.45) is 0. The van der Waals surface area contributed by atoms with Gasteiger partial charge in [0.05, 0.1) is 10.5 Å². The monoisotopic (exact) mass is 226 g/mol. The van der Waals surface area contributed by atoms with Crippen molar-refractivity contribution in [2.75, 3.05) is 0 Å². The number of nitrogens with two attached hydrogens (primary N) is 2. The van der Waals surface area contributed by atoms with Crippen molar-refractivity contribution in [3.63, 3.8) is 0 Å². The van der Waals surface area contributed by atoms with Gasteiger partial charge in [-0.15, -0.1) is 0 Å². The van der Waals surface area contributed by atoms with Crippen molar-refractivity contribution in [2.24, 2.45) is 11.5 Å². The van der Waals surface area contributed by atoms with E-state index in [1.807, 2.05) is 0 Å². The molecule has 0 fully saturated rings. The number of rotatable bonds is 0. The number of hydrogen-bond donors (Lipinski definition) is 2. The molecule has 7 heteroatoms. The first-order valence-electron chi connectivity index (χ1n) is 1.39. The van der Waals surface area contributed by atoms with Crippen LogP contribution in [-0.2, 0) is 25.3 Å². The Balaban J connectivity index is -0.0000000720. The second-order valence-corrected chi connectivity index (χ2v) is 1.44. The Morgan fingerprint density at radius 2 is 1.00 bits per heavy atom. The van der Waals surface area contributed by atoms with E-state index >= 15 is 0 Å². The minimum Gasteiger partial charge on any atom is -0.719 e. The van der Waals surface area contributed by atoms with Gasteiger partial charge in [-0.05, 0) is 0 Å². The van der Waals surface area contributed by atoms with E-state index in [-0.39, 0.29) is 17.6 Å². The third-order valence-corrected chi connectivity index (χ3v) is 0. The van der Waals surface area contributed by atoms with Crippen LogP contribution < -0.4 is 11.5 Å². The predicted molar refractivity (Wildman–Crippen MR) is 39.7 cm³/mol. The van der Waals surface area contributed by atoms with Crippen LogP contribution in [0.4, 0.5) is 9.59 Å². The molecule has 0 atom stereocenters. The van der Waals surface area contributed by atoms with Crippen LogP contribution >= 0.6 is 0 Å². The third kappa shape index (κ3) is 46700. The van der Waals surface area contributed by atoms with Crippen LogP contribution in [0.15, 0.2) is 0 Å². The maximum absolute atomic E-state index is 9.04. The normalized spacial score (nSPS) is 5.33. The number of carbonyl (C=O) groups excluding carboxylic acids is 2. The molecule has 0 aliphatic carbocycles. The predicted octanol–water partition coefficient (Wildman–Crippen LogP) is -1.16. The Labute approximate surface area is 74.5 Å². The molecule has 0 aromatic carbocycles. The molecule has 2 amide bonds. The molecule has 4 nitrogen and oxygen atoms in total. The first-order valence-corrected chi connectivity index (χ1v) is 2.21. The summed E-state index contributed by atoms with van der Waals surface area (Å²) in [6.45, 7) is 0. The molecule has 0 aromatic heterocycles. The summed E-state index contributed by atoms with van der Waals surface area (Å²) in [4.78, 5) is 18.1. The largest absolute Gasteiger partial charge is 0.719 e. The summed E-state index contributed by atoms with van der Waals surface area (Å²) in [5.41, 5.74) is 8.57. The van der Waals surface area contributed by atoms with Gasteiger partial charge < -0.3 is 46.3 Å². The summed E-state index contributed by atoms with van der Waals surface area (Å²) in [5.74, 6) is 0. The van der Waals surface area contributed by atoms with Crippen molar-refractivity contribution in [2.45, 2.75) is 0 Å². The number of primary amides is 2. The summed E-state index contributed by atoms with van der Waals surface area (Å²) < 4.78 is 0. The topological polar surface area (TPSA) is 86.2 Å². The summed E-state index contributed by atoms with van der Waals surface area (Å²) >= 11 is 7.52. The first kappa shape index (κ1) is 16.0. The third-order valence-electron chi connectivity index (χ3n) is 0. The molecule has 0 aromatic rings. The fraction of sp³-hybridized carbons (Fsp3) is 0. The van der Waals surface area contributed by atoms with Crippen molar-refractivity contribution in [3.8, 4) is 0 Å². The molecule has 0 saturated heterocycles. The zero-order chi connectivity index (χ0) is 7.15. The van der Waals surface area contributed by atoms with E-state index in [1.54, 1.807) is 0 Å². The maximum Gasteiger partial charge on any atom is 0.0954 e. The number of amides is 2. The average Bonchev–Trinajstić information content (AvgIpc) is 1.25. The zero-order valence-electron chi connectivity index (χ0n) is 4.29. The molecule has 9 heavy (non-hydrogen) atoms. The summed E-state index contributed by atoms with van der Waals surface area (Å²) in [6, 6.07) is 0. The summed E-state index contributed by atoms with van der Waals surface area (Å²) in [7, 11) is 0. The van der Waals surface area contributed by atoms with Gasteiger partial charge in [0, 0.05) is 17.6 Å². The summed E-state index contributed by atoms with van der Waals surface area (Å²) in [5, 5.41) is -1.50. The van der Waals surface area contributed by atoms with Crippen LogP contribution in [0, 0.1) is 0 Å². The SMILES string of the molecule is NC(=O)[S-].NC(=O)[S-].[Ge]. The Kier molecular flexibility index (Phi) is 19.2. The minimum absolute atomic E-state index is 0. The second kappa shape index (κ2) is 10.8. The van der Waals surface area contributed by atoms with E-state index < -0.39 is 10.5 Å². The quantitative estimate of drug-likeness (QED) is 0.402. The van der Waals surface area contributed by atoms with Crippen molar-refractivity contribution in [3.05, 3.63) is 0 Å². The molecule has 4 N–H and O–H groups in total. The second-order valence-electron chi connectivity index (χ2n) is 0.638. The van der Waals surface area contributed by atoms with E-state index in [0.29, 0.717) is 0 Å². The molecule has 0 heterocycles. The Hall–Kier alpha value is -0.0771. The molecule has 4 radical (unpaired) electrons. The van der Waals surface area contributed by atoms with Gasteiger partial charge in [-0.1, -0.05) is 0 Å². The van der Waals surface area contributed by atoms with Gasteiger partial charge in [-0.3, -0.25) is 0 Å². The van der Waals surface area contributed by atoms with E-state index in [4.69, 9.17) is 9.59 Å². The van der Waals surface area contributed by atoms with E-state index in [2.05, 4.69) is 36.7 Å². The first-order chi connectivity index (χ1) is 3.46. The van der Waals surface area contributed by atoms with Crippen molar-refractivity contribution < 1.29 is 9.59 Å². The molecule has 0 saturated carbocycles. The van der Waals surface area contributed by atoms with Crippen LogP contribution in [0.5, 0.6) is 0 Å². The number of carbonyl (C=O) groups is 2. The standard InChI is InChI=1S/2CH3NOS.Ge/c2*2-1(3)4;/h2*(H3,2,3,4);/p-2. The van der Waals surface area contributed by atoms with Gasteiger partial charge >= 0.3 is 0 Å². The molecule has 0 rings (SSSR count). The Morgan fingerprint density at radius 3 is 1.00 bits per heavy atom. The van der Waals surface area contributed by atoms with Crippen molar-refractivity contribution in [1.29, 1.82) is 0 Å². The molecular formula is C2H4GeN2O2S2-2. The molecular weight excluding hydrogens is 221 g/mol. The molecule has 0 aliphatic heterocycles. The molecule has 0 unspecified atom stereocenters. The van der Waals surface area contributed by atoms with Gasteiger partial charge in [-0.25, -0.2) is 0 Å². The van der Waals surface area contributed by atoms with Crippen molar-refractivity contribution >= 4 is 53.3 Å². The van der Waals surface area contributed by atoms with Gasteiger partial charge in [0.2, 0.25) is 0 Å². The van der Waals surface area contributed by atoms with Crippen LogP contribution in [0.1, 0.15) is 0 Å². The van der Waals surface area contributed by atoms with Gasteiger partial charge in [0.25, 0.3) is 0 Å². The fourth-order valence-corrected chi connectivity index (χ4v) is 0. The molecule has 0 spiro atoms. The van der Waals surface area contributed by atoms with E-state index in [1.165, 1.54) is 0 Å². The maximum atomic E-state index is 9.04. The smallest absolute Gasteiger partial charge is 0.0954 e. The van der Waals surface area contributed by atoms with Crippen LogP contribution in [0.2, 0.25) is 0 Å². The van der Waals surface area contributed by atoms with Crippen molar-refractivity contribution in [1.82, 2.24) is 0 Å². The van der Waals surface area contributed by atoms with E-state index in [0.717, 1.165) is 0 Å². The van der Waals surface area contributed by atoms with Crippen LogP contribution in [-0.4, -0.2) is 28.1 Å².